The van der Waals surface area contributed by atoms with Crippen molar-refractivity contribution in [3.8, 4) is 11.4 Å². The lowest BCUT2D eigenvalue weighted by molar-refractivity contribution is -0.117. The lowest BCUT2D eigenvalue weighted by atomic mass is 10.1. The summed E-state index contributed by atoms with van der Waals surface area (Å²) >= 11 is 0. The first-order chi connectivity index (χ1) is 13.7. The molecule has 1 aromatic carbocycles. The summed E-state index contributed by atoms with van der Waals surface area (Å²) in [5.41, 5.74) is 9.32. The number of carbonyl (C=O) groups excluding carboxylic acids is 1. The highest BCUT2D eigenvalue weighted by Gasteiger charge is 2.23. The lowest BCUT2D eigenvalue weighted by Gasteiger charge is -2.30. The van der Waals surface area contributed by atoms with Gasteiger partial charge in [0.15, 0.2) is 0 Å². The van der Waals surface area contributed by atoms with Crippen molar-refractivity contribution in [2.45, 2.75) is 31.7 Å². The summed E-state index contributed by atoms with van der Waals surface area (Å²) in [5, 5.41) is 8.50. The fourth-order valence-corrected chi connectivity index (χ4v) is 4.04. The molecule has 2 fully saturated rings. The van der Waals surface area contributed by atoms with Crippen LogP contribution in [0.3, 0.4) is 0 Å². The van der Waals surface area contributed by atoms with Gasteiger partial charge in [0.2, 0.25) is 5.91 Å². The van der Waals surface area contributed by atoms with Crippen molar-refractivity contribution in [3.63, 3.8) is 0 Å². The van der Waals surface area contributed by atoms with E-state index in [-0.39, 0.29) is 11.9 Å². The van der Waals surface area contributed by atoms with Crippen LogP contribution in [0.1, 0.15) is 25.7 Å². The number of nitrogens with one attached hydrogen (secondary N) is 1. The van der Waals surface area contributed by atoms with E-state index >= 15 is 0 Å². The maximum absolute atomic E-state index is 12.1. The smallest absolute Gasteiger partial charge is 0.227 e. The minimum atomic E-state index is 0.175. The van der Waals surface area contributed by atoms with E-state index < -0.39 is 0 Å². The minimum Gasteiger partial charge on any atom is -0.355 e. The molecule has 2 saturated heterocycles. The number of H-pyrrole nitrogens is 1. The van der Waals surface area contributed by atoms with E-state index in [1.165, 1.54) is 0 Å². The number of fused-ring (bicyclic) bond motifs is 1. The van der Waals surface area contributed by atoms with Crippen molar-refractivity contribution in [1.82, 2.24) is 20.2 Å². The van der Waals surface area contributed by atoms with Crippen LogP contribution >= 0.6 is 0 Å². The van der Waals surface area contributed by atoms with Gasteiger partial charge in [-0.3, -0.25) is 14.9 Å². The van der Waals surface area contributed by atoms with Crippen LogP contribution in [0, 0.1) is 0 Å². The number of aromatic nitrogens is 4. The highest BCUT2D eigenvalue weighted by atomic mass is 16.2. The number of nitrogens with two attached hydrogens (primary N) is 1. The van der Waals surface area contributed by atoms with E-state index in [0.717, 1.165) is 72.7 Å². The molecule has 2 aliphatic heterocycles. The number of piperidine rings is 1. The van der Waals surface area contributed by atoms with Crippen LogP contribution in [0.25, 0.3) is 22.3 Å². The molecule has 2 aromatic heterocycles. The number of benzene rings is 1. The zero-order valence-corrected chi connectivity index (χ0v) is 15.6. The standard InChI is InChI=1S/C20H23N7O/c21-13-5-8-26(9-6-13)18-12-22-11-17(23-18)20-15-10-14(3-4-16(15)24-25-20)27-7-1-2-19(27)28/h3-4,10-13H,1-2,5-9,21H2,(H,24,25). The molecule has 8 heteroatoms. The number of aromatic amines is 1. The van der Waals surface area contributed by atoms with E-state index in [9.17, 15) is 4.79 Å². The first-order valence-electron chi connectivity index (χ1n) is 9.80. The maximum atomic E-state index is 12.1. The van der Waals surface area contributed by atoms with Crippen LogP contribution in [-0.4, -0.2) is 51.7 Å². The lowest BCUT2D eigenvalue weighted by Crippen LogP contribution is -2.40. The summed E-state index contributed by atoms with van der Waals surface area (Å²) in [7, 11) is 0. The third-order valence-corrected chi connectivity index (χ3v) is 5.66. The summed E-state index contributed by atoms with van der Waals surface area (Å²) in [4.78, 5) is 25.4. The van der Waals surface area contributed by atoms with Gasteiger partial charge in [-0.15, -0.1) is 0 Å². The van der Waals surface area contributed by atoms with Gasteiger partial charge in [0.25, 0.3) is 0 Å². The van der Waals surface area contributed by atoms with Crippen molar-refractivity contribution >= 4 is 28.3 Å². The van der Waals surface area contributed by atoms with Crippen LogP contribution in [0.5, 0.6) is 0 Å². The Labute approximate surface area is 162 Å². The van der Waals surface area contributed by atoms with Crippen LogP contribution < -0.4 is 15.5 Å². The first kappa shape index (κ1) is 17.1. The third-order valence-electron chi connectivity index (χ3n) is 5.66. The number of nitrogens with zero attached hydrogens (tertiary/aromatic N) is 5. The molecule has 0 bridgehead atoms. The maximum Gasteiger partial charge on any atom is 0.227 e. The van der Waals surface area contributed by atoms with Crippen molar-refractivity contribution in [1.29, 1.82) is 0 Å². The summed E-state index contributed by atoms with van der Waals surface area (Å²) in [6.45, 7) is 2.55. The van der Waals surface area contributed by atoms with Crippen LogP contribution in [0.15, 0.2) is 30.6 Å². The Morgan fingerprint density at radius 1 is 1.14 bits per heavy atom. The molecule has 5 rings (SSSR count). The van der Waals surface area contributed by atoms with Gasteiger partial charge in [-0.05, 0) is 37.5 Å². The van der Waals surface area contributed by atoms with Gasteiger partial charge in [-0.1, -0.05) is 0 Å². The highest BCUT2D eigenvalue weighted by Crippen LogP contribution is 2.31. The number of amides is 1. The molecular formula is C20H23N7O. The van der Waals surface area contributed by atoms with E-state index in [2.05, 4.69) is 20.1 Å². The van der Waals surface area contributed by atoms with Gasteiger partial charge >= 0.3 is 0 Å². The van der Waals surface area contributed by atoms with Crippen LogP contribution in [-0.2, 0) is 4.79 Å². The quantitative estimate of drug-likeness (QED) is 0.724. The Morgan fingerprint density at radius 2 is 2.00 bits per heavy atom. The first-order valence-corrected chi connectivity index (χ1v) is 9.80. The zero-order valence-electron chi connectivity index (χ0n) is 15.6. The van der Waals surface area contributed by atoms with E-state index in [1.54, 1.807) is 12.4 Å². The second-order valence-electron chi connectivity index (χ2n) is 7.54. The monoisotopic (exact) mass is 377 g/mol. The predicted molar refractivity (Wildman–Crippen MR) is 108 cm³/mol. The summed E-state index contributed by atoms with van der Waals surface area (Å²) in [5.74, 6) is 1.03. The van der Waals surface area contributed by atoms with Gasteiger partial charge in [0.05, 0.1) is 17.9 Å². The van der Waals surface area contributed by atoms with Gasteiger partial charge in [0, 0.05) is 43.2 Å². The molecule has 4 heterocycles. The zero-order chi connectivity index (χ0) is 19.1. The molecule has 0 atom stereocenters. The highest BCUT2D eigenvalue weighted by molar-refractivity contribution is 6.00. The third kappa shape index (κ3) is 2.99. The largest absolute Gasteiger partial charge is 0.355 e. The molecule has 0 saturated carbocycles. The van der Waals surface area contributed by atoms with Crippen LogP contribution in [0.4, 0.5) is 11.5 Å². The topological polar surface area (TPSA) is 104 Å². The normalized spacial score (nSPS) is 18.4. The van der Waals surface area contributed by atoms with E-state index in [0.29, 0.717) is 6.42 Å². The number of hydrogen-bond acceptors (Lipinski definition) is 6. The fourth-order valence-electron chi connectivity index (χ4n) is 4.04. The Balaban J connectivity index is 1.50. The molecule has 0 spiro atoms. The summed E-state index contributed by atoms with van der Waals surface area (Å²) in [6.07, 6.45) is 6.98. The Hall–Kier alpha value is -3.00. The molecular weight excluding hydrogens is 354 g/mol. The second-order valence-corrected chi connectivity index (χ2v) is 7.54. The molecule has 0 unspecified atom stereocenters. The number of rotatable bonds is 3. The molecule has 3 N–H and O–H groups in total. The Bertz CT molecular complexity index is 1020. The molecule has 3 aromatic rings. The van der Waals surface area contributed by atoms with Crippen molar-refractivity contribution in [2.75, 3.05) is 29.4 Å². The minimum absolute atomic E-state index is 0.175. The molecule has 0 aliphatic carbocycles. The van der Waals surface area contributed by atoms with Gasteiger partial charge < -0.3 is 15.5 Å². The fraction of sp³-hybridized carbons (Fsp3) is 0.400. The molecule has 28 heavy (non-hydrogen) atoms. The molecule has 1 amide bonds. The molecule has 2 aliphatic rings. The van der Waals surface area contributed by atoms with Crippen molar-refractivity contribution in [3.05, 3.63) is 30.6 Å². The SMILES string of the molecule is NC1CCN(c2cncc(-c3n[nH]c4ccc(N5CCCC5=O)cc34)n2)CC1. The molecule has 8 nitrogen and oxygen atoms in total. The van der Waals surface area contributed by atoms with Gasteiger partial charge in [-0.2, -0.15) is 5.10 Å². The average molecular weight is 377 g/mol. The van der Waals surface area contributed by atoms with Crippen molar-refractivity contribution in [2.24, 2.45) is 5.73 Å². The predicted octanol–water partition coefficient (Wildman–Crippen LogP) is 2.07. The summed E-state index contributed by atoms with van der Waals surface area (Å²) in [6, 6.07) is 6.23. The summed E-state index contributed by atoms with van der Waals surface area (Å²) < 4.78 is 0. The molecule has 144 valence electrons. The Morgan fingerprint density at radius 3 is 2.79 bits per heavy atom. The average Bonchev–Trinajstić information content (AvgIpc) is 3.34. The van der Waals surface area contributed by atoms with Gasteiger partial charge in [0.1, 0.15) is 17.2 Å². The Kier molecular flexibility index (Phi) is 4.20. The van der Waals surface area contributed by atoms with Crippen molar-refractivity contribution < 1.29 is 4.79 Å². The van der Waals surface area contributed by atoms with Gasteiger partial charge in [-0.25, -0.2) is 4.98 Å². The van der Waals surface area contributed by atoms with Crippen LogP contribution in [0.2, 0.25) is 0 Å². The van der Waals surface area contributed by atoms with E-state index in [4.69, 9.17) is 10.7 Å². The number of hydrogen-bond donors (Lipinski definition) is 2. The molecule has 0 radical (unpaired) electrons. The van der Waals surface area contributed by atoms with E-state index in [1.807, 2.05) is 23.1 Å². The second kappa shape index (κ2) is 6.87. The number of carbonyl (C=O) groups is 1. The number of anilines is 2.